The molecule has 4 aromatic rings. The van der Waals surface area contributed by atoms with Crippen LogP contribution in [0.3, 0.4) is 0 Å². The van der Waals surface area contributed by atoms with Crippen molar-refractivity contribution < 1.29 is 9.18 Å². The number of hydrogen-bond donors (Lipinski definition) is 2. The van der Waals surface area contributed by atoms with Gasteiger partial charge in [-0.25, -0.2) is 4.39 Å². The first-order chi connectivity index (χ1) is 13.7. The summed E-state index contributed by atoms with van der Waals surface area (Å²) in [6.45, 7) is 0. The summed E-state index contributed by atoms with van der Waals surface area (Å²) in [5.41, 5.74) is 4.19. The fourth-order valence-corrected chi connectivity index (χ4v) is 2.99. The number of benzene rings is 3. The monoisotopic (exact) mass is 371 g/mol. The van der Waals surface area contributed by atoms with E-state index in [0.29, 0.717) is 5.69 Å². The van der Waals surface area contributed by atoms with Crippen LogP contribution in [0.4, 0.5) is 21.5 Å². The largest absolute Gasteiger partial charge is 0.354 e. The van der Waals surface area contributed by atoms with Gasteiger partial charge in [0.05, 0.1) is 17.6 Å². The van der Waals surface area contributed by atoms with Crippen LogP contribution in [0.15, 0.2) is 85.1 Å². The van der Waals surface area contributed by atoms with Gasteiger partial charge >= 0.3 is 0 Å². The van der Waals surface area contributed by atoms with Crippen LogP contribution in [-0.4, -0.2) is 10.9 Å². The molecule has 4 nitrogen and oxygen atoms in total. The number of hydrogen-bond acceptors (Lipinski definition) is 3. The Morgan fingerprint density at radius 1 is 0.857 bits per heavy atom. The van der Waals surface area contributed by atoms with E-state index in [-0.39, 0.29) is 18.1 Å². The van der Waals surface area contributed by atoms with Crippen LogP contribution in [0.5, 0.6) is 0 Å². The smallest absolute Gasteiger partial charge is 0.228 e. The molecule has 0 fully saturated rings. The lowest BCUT2D eigenvalue weighted by Crippen LogP contribution is -2.14. The molecular weight excluding hydrogens is 353 g/mol. The van der Waals surface area contributed by atoms with Gasteiger partial charge in [-0.3, -0.25) is 9.78 Å². The maximum atomic E-state index is 12.9. The standard InChI is InChI=1S/C23H18FN3O/c24-18-8-6-16(7-9-18)15-22(28)27-20-12-10-19(11-13-20)26-21-5-1-3-17-4-2-14-25-23(17)21/h1-14,26H,15H2,(H,27,28). The third-order valence-corrected chi connectivity index (χ3v) is 4.36. The normalized spacial score (nSPS) is 10.6. The number of halogens is 1. The van der Waals surface area contributed by atoms with Gasteiger partial charge in [0.25, 0.3) is 0 Å². The Labute approximate surface area is 162 Å². The van der Waals surface area contributed by atoms with Crippen LogP contribution >= 0.6 is 0 Å². The molecule has 1 amide bonds. The molecule has 0 unspecified atom stereocenters. The molecule has 28 heavy (non-hydrogen) atoms. The quantitative estimate of drug-likeness (QED) is 0.501. The minimum absolute atomic E-state index is 0.148. The van der Waals surface area contributed by atoms with Crippen LogP contribution in [0.1, 0.15) is 5.56 Å². The Hall–Kier alpha value is -3.73. The van der Waals surface area contributed by atoms with Crippen molar-refractivity contribution in [1.82, 2.24) is 4.98 Å². The zero-order valence-corrected chi connectivity index (χ0v) is 15.0. The number of pyridine rings is 1. The molecule has 0 spiro atoms. The Morgan fingerprint density at radius 3 is 2.36 bits per heavy atom. The van der Waals surface area contributed by atoms with Crippen LogP contribution in [0.2, 0.25) is 0 Å². The molecule has 4 rings (SSSR count). The first-order valence-electron chi connectivity index (χ1n) is 8.92. The zero-order chi connectivity index (χ0) is 19.3. The maximum absolute atomic E-state index is 12.9. The number of carbonyl (C=O) groups excluding carboxylic acids is 1. The molecule has 1 heterocycles. The van der Waals surface area contributed by atoms with E-state index >= 15 is 0 Å². The Morgan fingerprint density at radius 2 is 1.57 bits per heavy atom. The highest BCUT2D eigenvalue weighted by Crippen LogP contribution is 2.25. The van der Waals surface area contributed by atoms with E-state index in [4.69, 9.17) is 0 Å². The molecule has 138 valence electrons. The number of para-hydroxylation sites is 1. The van der Waals surface area contributed by atoms with E-state index in [9.17, 15) is 9.18 Å². The molecule has 0 aliphatic carbocycles. The molecule has 0 atom stereocenters. The highest BCUT2D eigenvalue weighted by molar-refractivity contribution is 5.93. The summed E-state index contributed by atoms with van der Waals surface area (Å²) >= 11 is 0. The first-order valence-corrected chi connectivity index (χ1v) is 8.92. The molecule has 0 radical (unpaired) electrons. The lowest BCUT2D eigenvalue weighted by Gasteiger charge is -2.10. The van der Waals surface area contributed by atoms with Crippen molar-refractivity contribution in [2.45, 2.75) is 6.42 Å². The molecule has 0 aliphatic rings. The third-order valence-electron chi connectivity index (χ3n) is 4.36. The second kappa shape index (κ2) is 7.88. The fourth-order valence-electron chi connectivity index (χ4n) is 2.99. The van der Waals surface area contributed by atoms with Gasteiger partial charge < -0.3 is 10.6 Å². The average molecular weight is 371 g/mol. The highest BCUT2D eigenvalue weighted by atomic mass is 19.1. The summed E-state index contributed by atoms with van der Waals surface area (Å²) < 4.78 is 12.9. The molecular formula is C23H18FN3O. The summed E-state index contributed by atoms with van der Waals surface area (Å²) in [4.78, 5) is 16.6. The Balaban J connectivity index is 1.42. The van der Waals surface area contributed by atoms with Crippen molar-refractivity contribution in [3.8, 4) is 0 Å². The lowest BCUT2D eigenvalue weighted by atomic mass is 10.1. The van der Waals surface area contributed by atoms with Gasteiger partial charge in [0, 0.05) is 23.0 Å². The predicted octanol–water partition coefficient (Wildman–Crippen LogP) is 5.30. The van der Waals surface area contributed by atoms with Crippen LogP contribution in [-0.2, 0) is 11.2 Å². The number of nitrogens with one attached hydrogen (secondary N) is 2. The second-order valence-electron chi connectivity index (χ2n) is 6.43. The number of aromatic nitrogens is 1. The van der Waals surface area contributed by atoms with E-state index in [1.165, 1.54) is 12.1 Å². The molecule has 0 aliphatic heterocycles. The van der Waals surface area contributed by atoms with Crippen molar-refractivity contribution in [1.29, 1.82) is 0 Å². The number of nitrogens with zero attached hydrogens (tertiary/aromatic N) is 1. The molecule has 0 bridgehead atoms. The molecule has 3 aromatic carbocycles. The number of fused-ring (bicyclic) bond motifs is 1. The summed E-state index contributed by atoms with van der Waals surface area (Å²) in [5, 5.41) is 7.28. The van der Waals surface area contributed by atoms with Crippen molar-refractivity contribution in [3.05, 3.63) is 96.4 Å². The first kappa shape index (κ1) is 17.7. The molecule has 1 aromatic heterocycles. The van der Waals surface area contributed by atoms with Gasteiger partial charge in [-0.1, -0.05) is 30.3 Å². The number of amides is 1. The van der Waals surface area contributed by atoms with Gasteiger partial charge in [-0.15, -0.1) is 0 Å². The van der Waals surface area contributed by atoms with Crippen molar-refractivity contribution in [3.63, 3.8) is 0 Å². The van der Waals surface area contributed by atoms with E-state index < -0.39 is 0 Å². The van der Waals surface area contributed by atoms with Crippen LogP contribution < -0.4 is 10.6 Å². The van der Waals surface area contributed by atoms with Crippen molar-refractivity contribution in [2.75, 3.05) is 10.6 Å². The van der Waals surface area contributed by atoms with Crippen molar-refractivity contribution in [2.24, 2.45) is 0 Å². The Kier molecular flexibility index (Phi) is 4.97. The maximum Gasteiger partial charge on any atom is 0.228 e. The van der Waals surface area contributed by atoms with E-state index in [0.717, 1.165) is 27.8 Å². The molecule has 0 saturated carbocycles. The van der Waals surface area contributed by atoms with Gasteiger partial charge in [-0.2, -0.15) is 0 Å². The topological polar surface area (TPSA) is 54.0 Å². The summed E-state index contributed by atoms with van der Waals surface area (Å²) in [6, 6.07) is 23.3. The zero-order valence-electron chi connectivity index (χ0n) is 15.0. The second-order valence-corrected chi connectivity index (χ2v) is 6.43. The van der Waals surface area contributed by atoms with Crippen LogP contribution in [0, 0.1) is 5.82 Å². The Bertz CT molecular complexity index is 1100. The van der Waals surface area contributed by atoms with Gasteiger partial charge in [0.15, 0.2) is 0 Å². The highest BCUT2D eigenvalue weighted by Gasteiger charge is 2.06. The lowest BCUT2D eigenvalue weighted by molar-refractivity contribution is -0.115. The summed E-state index contributed by atoms with van der Waals surface area (Å²) in [5.74, 6) is -0.459. The van der Waals surface area contributed by atoms with Gasteiger partial charge in [-0.05, 0) is 54.1 Å². The molecule has 5 heteroatoms. The molecule has 2 N–H and O–H groups in total. The van der Waals surface area contributed by atoms with E-state index in [1.54, 1.807) is 18.3 Å². The third kappa shape index (κ3) is 4.15. The van der Waals surface area contributed by atoms with Crippen molar-refractivity contribution >= 4 is 33.9 Å². The molecule has 0 saturated heterocycles. The number of anilines is 3. The summed E-state index contributed by atoms with van der Waals surface area (Å²) in [6.07, 6.45) is 1.97. The number of carbonyl (C=O) groups is 1. The van der Waals surface area contributed by atoms with E-state index in [1.807, 2.05) is 54.6 Å². The van der Waals surface area contributed by atoms with Gasteiger partial charge in [0.1, 0.15) is 5.82 Å². The van der Waals surface area contributed by atoms with E-state index in [2.05, 4.69) is 15.6 Å². The minimum atomic E-state index is -0.311. The average Bonchev–Trinajstić information content (AvgIpc) is 2.71. The van der Waals surface area contributed by atoms with Crippen LogP contribution in [0.25, 0.3) is 10.9 Å². The SMILES string of the molecule is O=C(Cc1ccc(F)cc1)Nc1ccc(Nc2cccc3cccnc23)cc1. The fraction of sp³-hybridized carbons (Fsp3) is 0.0435. The number of rotatable bonds is 5. The summed E-state index contributed by atoms with van der Waals surface area (Å²) in [7, 11) is 0. The predicted molar refractivity (Wildman–Crippen MR) is 110 cm³/mol. The van der Waals surface area contributed by atoms with Gasteiger partial charge in [0.2, 0.25) is 5.91 Å². The minimum Gasteiger partial charge on any atom is -0.354 e.